The second-order valence-electron chi connectivity index (χ2n) is 10.4. The maximum atomic E-state index is 17.1. The van der Waals surface area contributed by atoms with Gasteiger partial charge in [-0.05, 0) is 31.0 Å². The molecule has 1 fully saturated rings. The highest BCUT2D eigenvalue weighted by Gasteiger charge is 2.63. The van der Waals surface area contributed by atoms with E-state index >= 15 is 4.39 Å². The number of rotatable bonds is 3. The molecule has 2 unspecified atom stereocenters. The third-order valence-electron chi connectivity index (χ3n) is 7.79. The van der Waals surface area contributed by atoms with E-state index in [9.17, 15) is 22.4 Å². The van der Waals surface area contributed by atoms with E-state index in [1.54, 1.807) is 4.58 Å². The van der Waals surface area contributed by atoms with Gasteiger partial charge in [0.25, 0.3) is 0 Å². The standard InChI is InChI=1S/C25H24F5N7O2S/c1-11-17(25(28,29)30)12(7-13(31)18(11)26)19-23(2,27)20(33-9-15-36-34-10-40-15)16-21(35-19)39-24(3-4-24)14-8-32-5-6-37(14)22(16)38/h7,10,19,32H,3-6,8-9,31H2,1-2H3/p+1. The molecule has 2 atom stereocenters. The fraction of sp³-hybridized carbons (Fsp3) is 0.480. The van der Waals surface area contributed by atoms with Crippen LogP contribution in [-0.4, -0.2) is 63.0 Å². The maximum Gasteiger partial charge on any atom is 0.427 e. The Hall–Kier alpha value is -3.46. The number of alkyl halides is 4. The van der Waals surface area contributed by atoms with E-state index in [1.807, 2.05) is 0 Å². The van der Waals surface area contributed by atoms with Crippen LogP contribution in [0, 0.1) is 12.7 Å². The normalized spacial score (nSPS) is 26.8. The first-order valence-corrected chi connectivity index (χ1v) is 13.5. The highest BCUT2D eigenvalue weighted by atomic mass is 32.1. The number of anilines is 1. The van der Waals surface area contributed by atoms with Gasteiger partial charge in [-0.15, -0.1) is 21.5 Å². The number of nitrogen functional groups attached to an aromatic ring is 1. The van der Waals surface area contributed by atoms with Crippen molar-refractivity contribution in [2.75, 3.05) is 25.4 Å². The summed E-state index contributed by atoms with van der Waals surface area (Å²) in [5.74, 6) is -1.97. The lowest BCUT2D eigenvalue weighted by atomic mass is 9.78. The van der Waals surface area contributed by atoms with E-state index in [0.717, 1.165) is 31.3 Å². The Labute approximate surface area is 229 Å². The Kier molecular flexibility index (Phi) is 6.04. The highest BCUT2D eigenvalue weighted by molar-refractivity contribution is 7.09. The van der Waals surface area contributed by atoms with Crippen LogP contribution in [0.5, 0.6) is 0 Å². The van der Waals surface area contributed by atoms with Crippen molar-refractivity contribution in [2.45, 2.75) is 56.7 Å². The molecule has 0 saturated heterocycles. The van der Waals surface area contributed by atoms with Crippen LogP contribution in [-0.2, 0) is 22.3 Å². The van der Waals surface area contributed by atoms with Crippen molar-refractivity contribution >= 4 is 34.4 Å². The van der Waals surface area contributed by atoms with Crippen LogP contribution in [0.2, 0.25) is 0 Å². The van der Waals surface area contributed by atoms with Gasteiger partial charge in [-0.3, -0.25) is 4.99 Å². The first kappa shape index (κ1) is 26.7. The van der Waals surface area contributed by atoms with Crippen LogP contribution in [0.25, 0.3) is 0 Å². The van der Waals surface area contributed by atoms with E-state index in [0.29, 0.717) is 43.2 Å². The summed E-state index contributed by atoms with van der Waals surface area (Å²) in [6.45, 7) is 2.98. The molecule has 4 aliphatic rings. The van der Waals surface area contributed by atoms with Gasteiger partial charge in [-0.25, -0.2) is 13.6 Å². The molecule has 2 aromatic rings. The molecule has 3 aliphatic heterocycles. The summed E-state index contributed by atoms with van der Waals surface area (Å²) in [5.41, 5.74) is 0.415. The van der Waals surface area contributed by atoms with Gasteiger partial charge in [0, 0.05) is 12.8 Å². The Bertz CT molecular complexity index is 1510. The number of halogens is 5. The van der Waals surface area contributed by atoms with E-state index in [-0.39, 0.29) is 18.0 Å². The second kappa shape index (κ2) is 9.03. The van der Waals surface area contributed by atoms with Gasteiger partial charge in [-0.1, -0.05) is 0 Å². The zero-order valence-electron chi connectivity index (χ0n) is 21.5. The third-order valence-corrected chi connectivity index (χ3v) is 8.47. The number of nitrogens with two attached hydrogens (primary N) is 1. The highest BCUT2D eigenvalue weighted by Crippen LogP contribution is 2.50. The fourth-order valence-corrected chi connectivity index (χ4v) is 6.17. The molecule has 1 saturated carbocycles. The summed E-state index contributed by atoms with van der Waals surface area (Å²) in [6, 6.07) is -0.999. The molecular formula is C25H25F5N7O2S+. The number of carbonyl (C=O) groups excluding carboxylic acids is 1. The molecule has 1 amide bonds. The van der Waals surface area contributed by atoms with Crippen LogP contribution < -0.4 is 16.4 Å². The smallest absolute Gasteiger partial charge is 0.427 e. The minimum atomic E-state index is -5.04. The average molecular weight is 583 g/mol. The molecular weight excluding hydrogens is 557 g/mol. The first-order chi connectivity index (χ1) is 18.8. The van der Waals surface area contributed by atoms with Crippen molar-refractivity contribution in [2.24, 2.45) is 4.99 Å². The van der Waals surface area contributed by atoms with Crippen molar-refractivity contribution in [3.05, 3.63) is 50.5 Å². The van der Waals surface area contributed by atoms with Gasteiger partial charge in [0.05, 0.1) is 42.6 Å². The quantitative estimate of drug-likeness (QED) is 0.290. The Balaban J connectivity index is 1.58. The van der Waals surface area contributed by atoms with E-state index in [1.165, 1.54) is 5.51 Å². The number of hydrogen-bond acceptors (Lipinski definition) is 9. The lowest BCUT2D eigenvalue weighted by molar-refractivity contribution is -0.450. The molecule has 15 heteroatoms. The number of aromatic nitrogens is 2. The van der Waals surface area contributed by atoms with Crippen LogP contribution in [0.3, 0.4) is 0 Å². The van der Waals surface area contributed by atoms with E-state index < -0.39 is 63.3 Å². The molecule has 212 valence electrons. The molecule has 4 heterocycles. The number of nitrogens with zero attached hydrogens (tertiary/aromatic N) is 4. The summed E-state index contributed by atoms with van der Waals surface area (Å²) < 4.78 is 82.7. The van der Waals surface area contributed by atoms with E-state index in [2.05, 4.69) is 25.8 Å². The van der Waals surface area contributed by atoms with Gasteiger partial charge in [0.2, 0.25) is 11.6 Å². The number of carbonyl (C=O) groups is 1. The van der Waals surface area contributed by atoms with Crippen LogP contribution in [0.4, 0.5) is 27.6 Å². The summed E-state index contributed by atoms with van der Waals surface area (Å²) in [7, 11) is 0. The van der Waals surface area contributed by atoms with E-state index in [4.69, 9.17) is 10.5 Å². The van der Waals surface area contributed by atoms with Crippen molar-refractivity contribution in [3.63, 3.8) is 0 Å². The number of fused-ring (bicyclic) bond motifs is 1. The van der Waals surface area contributed by atoms with Gasteiger partial charge < -0.3 is 21.1 Å². The molecule has 1 aromatic heterocycles. The van der Waals surface area contributed by atoms with Crippen molar-refractivity contribution in [3.8, 4) is 0 Å². The zero-order valence-corrected chi connectivity index (χ0v) is 22.3. The summed E-state index contributed by atoms with van der Waals surface area (Å²) in [5, 5.41) is 14.0. The molecule has 1 spiro atoms. The first-order valence-electron chi connectivity index (χ1n) is 12.6. The minimum absolute atomic E-state index is 0.170. The largest absolute Gasteiger partial charge is 0.461 e. The maximum absolute atomic E-state index is 17.1. The summed E-state index contributed by atoms with van der Waals surface area (Å²) in [4.78, 5) is 18.4. The Morgan fingerprint density at radius 1 is 1.35 bits per heavy atom. The summed E-state index contributed by atoms with van der Waals surface area (Å²) in [6.07, 6.45) is -3.90. The van der Waals surface area contributed by atoms with Crippen molar-refractivity contribution in [1.29, 1.82) is 0 Å². The zero-order chi connectivity index (χ0) is 28.6. The molecule has 6 rings (SSSR count). The molecule has 0 radical (unpaired) electrons. The molecule has 40 heavy (non-hydrogen) atoms. The fourth-order valence-electron chi connectivity index (χ4n) is 5.72. The Morgan fingerprint density at radius 3 is 2.75 bits per heavy atom. The predicted molar refractivity (Wildman–Crippen MR) is 135 cm³/mol. The Morgan fingerprint density at radius 2 is 2.10 bits per heavy atom. The molecule has 0 bridgehead atoms. The minimum Gasteiger partial charge on any atom is -0.461 e. The third kappa shape index (κ3) is 4.08. The molecule has 4 N–H and O–H groups in total. The van der Waals surface area contributed by atoms with Crippen LogP contribution in [0.15, 0.2) is 28.0 Å². The number of nitrogens with one attached hydrogen (secondary N) is 2. The van der Waals surface area contributed by atoms with Gasteiger partial charge >= 0.3 is 12.1 Å². The topological polar surface area (TPSA) is 118 Å². The van der Waals surface area contributed by atoms with Gasteiger partial charge in [-0.2, -0.15) is 17.7 Å². The van der Waals surface area contributed by atoms with Crippen molar-refractivity contribution < 1.29 is 36.1 Å². The lowest BCUT2D eigenvalue weighted by Gasteiger charge is -2.39. The number of amides is 1. The summed E-state index contributed by atoms with van der Waals surface area (Å²) >= 11 is 1.15. The monoisotopic (exact) mass is 582 g/mol. The average Bonchev–Trinajstić information content (AvgIpc) is 3.50. The molecule has 1 aromatic carbocycles. The van der Waals surface area contributed by atoms with Gasteiger partial charge in [0.15, 0.2) is 23.4 Å². The number of benzene rings is 1. The SMILES string of the molecule is Cc1c(F)c(N)cc(C2NC3=C(C(=O)[N+]4=C(CNCC4)C4(CC4)O3)C(=NCc3nncs3)C2(C)F)c1C(F)(F)F. The molecule has 9 nitrogen and oxygen atoms in total. The number of ether oxygens (including phenoxy) is 1. The number of aliphatic imine (C=N–C) groups is 1. The predicted octanol–water partition coefficient (Wildman–Crippen LogP) is 2.96. The van der Waals surface area contributed by atoms with Crippen LogP contribution in [0.1, 0.15) is 47.5 Å². The van der Waals surface area contributed by atoms with Crippen molar-refractivity contribution in [1.82, 2.24) is 20.8 Å². The lowest BCUT2D eigenvalue weighted by Crippen LogP contribution is -2.53. The molecule has 1 aliphatic carbocycles. The van der Waals surface area contributed by atoms with Crippen LogP contribution >= 0.6 is 11.3 Å². The number of hydrogen-bond donors (Lipinski definition) is 3. The second-order valence-corrected chi connectivity index (χ2v) is 11.3. The van der Waals surface area contributed by atoms with Gasteiger partial charge in [0.1, 0.15) is 16.3 Å².